The predicted molar refractivity (Wildman–Crippen MR) is 76.7 cm³/mol. The van der Waals surface area contributed by atoms with Gasteiger partial charge in [0.1, 0.15) is 0 Å². The molecule has 2 heterocycles. The monoisotopic (exact) mass is 254 g/mol. The van der Waals surface area contributed by atoms with E-state index in [1.54, 1.807) is 11.3 Å². The minimum Gasteiger partial charge on any atom is -0.322 e. The third-order valence-electron chi connectivity index (χ3n) is 3.04. The fourth-order valence-corrected chi connectivity index (χ4v) is 2.74. The highest BCUT2D eigenvalue weighted by atomic mass is 32.1. The van der Waals surface area contributed by atoms with Gasteiger partial charge >= 0.3 is 0 Å². The molecule has 1 atom stereocenters. The van der Waals surface area contributed by atoms with Crippen molar-refractivity contribution in [2.24, 2.45) is 5.73 Å². The highest BCUT2D eigenvalue weighted by molar-refractivity contribution is 7.07. The molecule has 2 nitrogen and oxygen atoms in total. The van der Waals surface area contributed by atoms with Crippen molar-refractivity contribution in [3.8, 4) is 0 Å². The molecule has 0 radical (unpaired) electrons. The number of hydrogen-bond donors (Lipinski definition) is 1. The van der Waals surface area contributed by atoms with Gasteiger partial charge in [0.05, 0.1) is 17.3 Å². The van der Waals surface area contributed by atoms with Crippen molar-refractivity contribution in [3.05, 3.63) is 64.5 Å². The molecule has 0 aliphatic heterocycles. The SMILES string of the molecule is NC(Cc1ccsc1)c1ccc2ccccc2n1. The Morgan fingerprint density at radius 1 is 1.11 bits per heavy atom. The molecule has 0 aliphatic carbocycles. The molecule has 0 aliphatic rings. The summed E-state index contributed by atoms with van der Waals surface area (Å²) in [5, 5.41) is 5.38. The maximum atomic E-state index is 6.22. The Hall–Kier alpha value is -1.71. The van der Waals surface area contributed by atoms with Crippen LogP contribution in [0.5, 0.6) is 0 Å². The molecule has 0 amide bonds. The fraction of sp³-hybridized carbons (Fsp3) is 0.133. The highest BCUT2D eigenvalue weighted by Gasteiger charge is 2.09. The van der Waals surface area contributed by atoms with Gasteiger partial charge in [-0.1, -0.05) is 24.3 Å². The zero-order chi connectivity index (χ0) is 12.4. The Kier molecular flexibility index (Phi) is 3.09. The molecule has 3 rings (SSSR count). The first-order chi connectivity index (χ1) is 8.83. The van der Waals surface area contributed by atoms with Crippen LogP contribution < -0.4 is 5.73 Å². The molecule has 1 aromatic carbocycles. The summed E-state index contributed by atoms with van der Waals surface area (Å²) in [6, 6.07) is 14.3. The summed E-state index contributed by atoms with van der Waals surface area (Å²) in [5.41, 5.74) is 9.47. The molecule has 2 N–H and O–H groups in total. The highest BCUT2D eigenvalue weighted by Crippen LogP contribution is 2.19. The van der Waals surface area contributed by atoms with Gasteiger partial charge in [0.15, 0.2) is 0 Å². The molecule has 0 spiro atoms. The van der Waals surface area contributed by atoms with Gasteiger partial charge in [-0.2, -0.15) is 11.3 Å². The summed E-state index contributed by atoms with van der Waals surface area (Å²) in [6.45, 7) is 0. The molecule has 0 fully saturated rings. The fourth-order valence-electron chi connectivity index (χ4n) is 2.06. The van der Waals surface area contributed by atoms with Crippen molar-refractivity contribution in [1.82, 2.24) is 4.98 Å². The van der Waals surface area contributed by atoms with Crippen LogP contribution in [0, 0.1) is 0 Å². The average molecular weight is 254 g/mol. The number of aromatic nitrogens is 1. The number of fused-ring (bicyclic) bond motifs is 1. The van der Waals surface area contributed by atoms with E-state index < -0.39 is 0 Å². The first-order valence-corrected chi connectivity index (χ1v) is 6.89. The summed E-state index contributed by atoms with van der Waals surface area (Å²) in [6.07, 6.45) is 0.842. The van der Waals surface area contributed by atoms with Crippen molar-refractivity contribution in [1.29, 1.82) is 0 Å². The average Bonchev–Trinajstić information content (AvgIpc) is 2.91. The van der Waals surface area contributed by atoms with E-state index in [1.165, 1.54) is 5.56 Å². The van der Waals surface area contributed by atoms with Crippen LogP contribution in [0.1, 0.15) is 17.3 Å². The normalized spacial score (nSPS) is 12.7. The van der Waals surface area contributed by atoms with Crippen molar-refractivity contribution in [2.75, 3.05) is 0 Å². The summed E-state index contributed by atoms with van der Waals surface area (Å²) in [7, 11) is 0. The maximum Gasteiger partial charge on any atom is 0.0706 e. The Bertz CT molecular complexity index is 646. The zero-order valence-electron chi connectivity index (χ0n) is 9.91. The summed E-state index contributed by atoms with van der Waals surface area (Å²) in [4.78, 5) is 4.63. The minimum atomic E-state index is -0.0378. The lowest BCUT2D eigenvalue weighted by Gasteiger charge is -2.10. The van der Waals surface area contributed by atoms with Crippen LogP contribution in [0.15, 0.2) is 53.2 Å². The van der Waals surface area contributed by atoms with Gasteiger partial charge < -0.3 is 5.73 Å². The van der Waals surface area contributed by atoms with E-state index in [4.69, 9.17) is 5.73 Å². The number of benzene rings is 1. The Labute approximate surface area is 110 Å². The molecule has 0 saturated heterocycles. The standard InChI is InChI=1S/C15H14N2S/c16-13(9-11-7-8-18-10-11)15-6-5-12-3-1-2-4-14(12)17-15/h1-8,10,13H,9,16H2. The van der Waals surface area contributed by atoms with Crippen LogP contribution >= 0.6 is 11.3 Å². The second-order valence-electron chi connectivity index (χ2n) is 4.37. The van der Waals surface area contributed by atoms with Crippen LogP contribution in [0.4, 0.5) is 0 Å². The van der Waals surface area contributed by atoms with Crippen molar-refractivity contribution in [2.45, 2.75) is 12.5 Å². The third kappa shape index (κ3) is 2.28. The smallest absolute Gasteiger partial charge is 0.0706 e. The van der Waals surface area contributed by atoms with Crippen LogP contribution in [0.25, 0.3) is 10.9 Å². The molecule has 2 aromatic heterocycles. The topological polar surface area (TPSA) is 38.9 Å². The summed E-state index contributed by atoms with van der Waals surface area (Å²) in [5.74, 6) is 0. The lowest BCUT2D eigenvalue weighted by Crippen LogP contribution is -2.14. The van der Waals surface area contributed by atoms with Crippen molar-refractivity contribution in [3.63, 3.8) is 0 Å². The molecule has 3 heteroatoms. The number of nitrogens with zero attached hydrogens (tertiary/aromatic N) is 1. The molecule has 90 valence electrons. The predicted octanol–water partition coefficient (Wildman–Crippen LogP) is 3.54. The van der Waals surface area contributed by atoms with Crippen LogP contribution in [-0.4, -0.2) is 4.98 Å². The van der Waals surface area contributed by atoms with Crippen LogP contribution in [0.2, 0.25) is 0 Å². The molecule has 0 bridgehead atoms. The lowest BCUT2D eigenvalue weighted by molar-refractivity contribution is 0.702. The molecule has 1 unspecified atom stereocenters. The van der Waals surface area contributed by atoms with Crippen molar-refractivity contribution < 1.29 is 0 Å². The van der Waals surface area contributed by atoms with E-state index in [2.05, 4.69) is 33.9 Å². The van der Waals surface area contributed by atoms with Gasteiger partial charge in [0.2, 0.25) is 0 Å². The van der Waals surface area contributed by atoms with E-state index >= 15 is 0 Å². The quantitative estimate of drug-likeness (QED) is 0.776. The number of para-hydroxylation sites is 1. The molecule has 3 aromatic rings. The first-order valence-electron chi connectivity index (χ1n) is 5.95. The summed E-state index contributed by atoms with van der Waals surface area (Å²) >= 11 is 1.70. The van der Waals surface area contributed by atoms with E-state index in [0.29, 0.717) is 0 Å². The maximum absolute atomic E-state index is 6.22. The molecule has 18 heavy (non-hydrogen) atoms. The number of nitrogens with two attached hydrogens (primary N) is 1. The molecule has 0 saturated carbocycles. The number of rotatable bonds is 3. The zero-order valence-corrected chi connectivity index (χ0v) is 10.7. The Morgan fingerprint density at radius 2 is 2.00 bits per heavy atom. The first kappa shape index (κ1) is 11.4. The second-order valence-corrected chi connectivity index (χ2v) is 5.15. The molecular formula is C15H14N2S. The van der Waals surface area contributed by atoms with E-state index in [9.17, 15) is 0 Å². The third-order valence-corrected chi connectivity index (χ3v) is 3.77. The minimum absolute atomic E-state index is 0.0378. The van der Waals surface area contributed by atoms with Gasteiger partial charge in [-0.15, -0.1) is 0 Å². The van der Waals surface area contributed by atoms with Gasteiger partial charge in [-0.25, -0.2) is 0 Å². The van der Waals surface area contributed by atoms with Gasteiger partial charge in [0, 0.05) is 5.39 Å². The largest absolute Gasteiger partial charge is 0.322 e. The lowest BCUT2D eigenvalue weighted by atomic mass is 10.1. The number of thiophene rings is 1. The van der Waals surface area contributed by atoms with Gasteiger partial charge in [-0.05, 0) is 40.9 Å². The van der Waals surface area contributed by atoms with Crippen LogP contribution in [-0.2, 0) is 6.42 Å². The van der Waals surface area contributed by atoms with Crippen molar-refractivity contribution >= 4 is 22.2 Å². The van der Waals surface area contributed by atoms with E-state index in [0.717, 1.165) is 23.0 Å². The summed E-state index contributed by atoms with van der Waals surface area (Å²) < 4.78 is 0. The van der Waals surface area contributed by atoms with Gasteiger partial charge in [-0.3, -0.25) is 4.98 Å². The number of hydrogen-bond acceptors (Lipinski definition) is 3. The Balaban J connectivity index is 1.89. The van der Waals surface area contributed by atoms with E-state index in [-0.39, 0.29) is 6.04 Å². The van der Waals surface area contributed by atoms with Gasteiger partial charge in [0.25, 0.3) is 0 Å². The molecular weight excluding hydrogens is 240 g/mol. The van der Waals surface area contributed by atoms with Crippen LogP contribution in [0.3, 0.4) is 0 Å². The van der Waals surface area contributed by atoms with E-state index in [1.807, 2.05) is 24.3 Å². The number of pyridine rings is 1. The second kappa shape index (κ2) is 4.88. The Morgan fingerprint density at radius 3 is 2.83 bits per heavy atom.